The summed E-state index contributed by atoms with van der Waals surface area (Å²) in [5, 5.41) is 1.20. The topological polar surface area (TPSA) is 261 Å². The van der Waals surface area contributed by atoms with Crippen LogP contribution in [0.15, 0.2) is 17.4 Å². The fourth-order valence-corrected chi connectivity index (χ4v) is 8.18. The van der Waals surface area contributed by atoms with Crippen LogP contribution in [0.4, 0.5) is 27.7 Å². The van der Waals surface area contributed by atoms with Crippen LogP contribution in [0.3, 0.4) is 0 Å². The lowest BCUT2D eigenvalue weighted by Crippen LogP contribution is -2.49. The van der Waals surface area contributed by atoms with Gasteiger partial charge in [-0.1, -0.05) is 12.2 Å². The summed E-state index contributed by atoms with van der Waals surface area (Å²) in [4.78, 5) is 41.8. The number of thiol groups is 1. The quantitative estimate of drug-likeness (QED) is 0.136. The Morgan fingerprint density at radius 3 is 2.77 bits per heavy atom. The molecule has 3 fully saturated rings. The van der Waals surface area contributed by atoms with E-state index in [9.17, 15) is 14.3 Å². The number of hydrogen-bond donors (Lipinski definition) is 7. The third-order valence-electron chi connectivity index (χ3n) is 7.13. The second kappa shape index (κ2) is 11.1. The van der Waals surface area contributed by atoms with Crippen molar-refractivity contribution in [2.75, 3.05) is 35.1 Å². The SMILES string of the molecule is Nc1nc2c(ncn2[C@@H]2O[C@@H]3COP(O)(=S)OC4C(F)[C@H](N5NNc6c(N)ncnc65)O[C@@H]4COP(=O)(S)OC2C3)c(=O)[nH]1. The van der Waals surface area contributed by atoms with Gasteiger partial charge in [0.2, 0.25) is 5.95 Å². The van der Waals surface area contributed by atoms with Gasteiger partial charge in [0.05, 0.1) is 25.6 Å². The molecule has 4 aliphatic heterocycles. The first-order valence-corrected chi connectivity index (χ1v) is 18.1. The number of fused-ring (bicyclic) bond motifs is 5. The lowest BCUT2D eigenvalue weighted by atomic mass is 10.1. The van der Waals surface area contributed by atoms with Crippen LogP contribution in [0.1, 0.15) is 12.6 Å². The average Bonchev–Trinajstić information content (AvgIpc) is 3.72. The Hall–Kier alpha value is -2.53. The molecule has 238 valence electrons. The zero-order valence-corrected chi connectivity index (χ0v) is 25.5. The van der Waals surface area contributed by atoms with Gasteiger partial charge < -0.3 is 30.4 Å². The minimum atomic E-state index is -4.21. The molecule has 44 heavy (non-hydrogen) atoms. The van der Waals surface area contributed by atoms with E-state index >= 15 is 4.39 Å². The summed E-state index contributed by atoms with van der Waals surface area (Å²) in [5.41, 5.74) is 16.8. The van der Waals surface area contributed by atoms with Crippen molar-refractivity contribution in [2.45, 2.75) is 49.5 Å². The van der Waals surface area contributed by atoms with E-state index in [2.05, 4.69) is 48.1 Å². The van der Waals surface area contributed by atoms with Crippen LogP contribution in [0, 0.1) is 0 Å². The number of nitrogens with two attached hydrogens (primary N) is 2. The molecule has 3 saturated heterocycles. The molecule has 20 nitrogen and oxygen atoms in total. The molecule has 25 heteroatoms. The predicted molar refractivity (Wildman–Crippen MR) is 155 cm³/mol. The number of nitrogen functional groups attached to an aromatic ring is 2. The van der Waals surface area contributed by atoms with Gasteiger partial charge in [0.25, 0.3) is 5.56 Å². The van der Waals surface area contributed by atoms with Gasteiger partial charge in [-0.2, -0.15) is 4.98 Å². The standard InChI is InChI=1S/C19H24FN11O9P2S2/c20-9-12-8(38-18(9)31-14-10(28-29-31)13(21)23-4-24-14)3-36-41(33,43)39-7-1-6(2-35-42(34,44)40-12)37-17(7)30-5-25-11-15(30)26-19(22)27-16(11)32/h4-9,12,17-18,28-29H,1-3H2,(H,33,43)(H,34,44)(H2,21,23,24)(H3,22,26,27,32)/t6-,7?,8+,9?,12?,17+,18+,41?,42?/m0/s1. The van der Waals surface area contributed by atoms with E-state index in [1.807, 2.05) is 0 Å². The van der Waals surface area contributed by atoms with Crippen LogP contribution in [-0.2, 0) is 43.9 Å². The Morgan fingerprint density at radius 1 is 1.14 bits per heavy atom. The highest BCUT2D eigenvalue weighted by molar-refractivity contribution is 8.44. The van der Waals surface area contributed by atoms with Crippen molar-refractivity contribution in [1.82, 2.24) is 35.0 Å². The largest absolute Gasteiger partial charge is 0.386 e. The number of alkyl halides is 1. The number of rotatable bonds is 2. The number of hydrogen-bond acceptors (Lipinski definition) is 18. The molecule has 3 aromatic heterocycles. The minimum Gasteiger partial charge on any atom is -0.382 e. The van der Waals surface area contributed by atoms with E-state index in [-0.39, 0.29) is 47.5 Å². The summed E-state index contributed by atoms with van der Waals surface area (Å²) in [6.45, 7) is -9.24. The van der Waals surface area contributed by atoms with Crippen LogP contribution in [0.2, 0.25) is 0 Å². The van der Waals surface area contributed by atoms with Crippen LogP contribution in [0.25, 0.3) is 11.2 Å². The van der Waals surface area contributed by atoms with Crippen molar-refractivity contribution >= 4 is 72.0 Å². The summed E-state index contributed by atoms with van der Waals surface area (Å²) >= 11 is 9.31. The predicted octanol–water partition coefficient (Wildman–Crippen LogP) is -0.152. The highest BCUT2D eigenvalue weighted by Crippen LogP contribution is 2.58. The van der Waals surface area contributed by atoms with Crippen molar-refractivity contribution in [2.24, 2.45) is 0 Å². The van der Waals surface area contributed by atoms with Gasteiger partial charge in [0, 0.05) is 6.42 Å². The molecule has 0 aliphatic carbocycles. The normalized spacial score (nSPS) is 37.5. The van der Waals surface area contributed by atoms with Crippen molar-refractivity contribution < 1.29 is 41.4 Å². The van der Waals surface area contributed by atoms with E-state index in [0.29, 0.717) is 0 Å². The second-order valence-electron chi connectivity index (χ2n) is 9.98. The van der Waals surface area contributed by atoms with Gasteiger partial charge in [0.15, 0.2) is 41.4 Å². The van der Waals surface area contributed by atoms with E-state index in [4.69, 9.17) is 50.8 Å². The number of nitrogens with one attached hydrogen (secondary N) is 3. The highest BCUT2D eigenvalue weighted by Gasteiger charge is 2.54. The highest BCUT2D eigenvalue weighted by atomic mass is 32.7. The first-order valence-electron chi connectivity index (χ1n) is 12.8. The molecule has 3 aromatic rings. The van der Waals surface area contributed by atoms with Gasteiger partial charge in [-0.25, -0.2) is 28.9 Å². The minimum absolute atomic E-state index is 0.0283. The Kier molecular flexibility index (Phi) is 7.58. The van der Waals surface area contributed by atoms with Crippen molar-refractivity contribution in [3.8, 4) is 0 Å². The number of aromatic nitrogens is 6. The third-order valence-corrected chi connectivity index (χ3v) is 10.3. The average molecular weight is 696 g/mol. The zero-order chi connectivity index (χ0) is 31.0. The van der Waals surface area contributed by atoms with E-state index in [1.54, 1.807) is 0 Å². The van der Waals surface area contributed by atoms with Gasteiger partial charge in [-0.05, 0) is 11.8 Å². The van der Waals surface area contributed by atoms with Crippen LogP contribution < -0.4 is 33.0 Å². The van der Waals surface area contributed by atoms with Gasteiger partial charge in [0.1, 0.15) is 30.3 Å². The number of nitrogens with zero attached hydrogens (tertiary/aromatic N) is 6. The second-order valence-corrected chi connectivity index (χ2v) is 15.6. The van der Waals surface area contributed by atoms with Gasteiger partial charge >= 0.3 is 13.5 Å². The van der Waals surface area contributed by atoms with Gasteiger partial charge in [-0.15, -0.1) is 5.53 Å². The molecule has 7 rings (SSSR count). The molecule has 7 heterocycles. The summed E-state index contributed by atoms with van der Waals surface area (Å²) < 4.78 is 65.2. The number of hydrazine groups is 2. The molecule has 0 saturated carbocycles. The number of aromatic amines is 1. The van der Waals surface area contributed by atoms with E-state index < -0.39 is 68.7 Å². The molecule has 0 aromatic carbocycles. The maximum atomic E-state index is 16.0. The molecule has 4 aliphatic rings. The lowest BCUT2D eigenvalue weighted by molar-refractivity contribution is -0.0530. The molecular weight excluding hydrogens is 671 g/mol. The number of imidazole rings is 1. The number of H-pyrrole nitrogens is 1. The maximum absolute atomic E-state index is 16.0. The summed E-state index contributed by atoms with van der Waals surface area (Å²) in [6.07, 6.45) is -6.63. The smallest absolute Gasteiger partial charge is 0.382 e. The Labute approximate surface area is 255 Å². The summed E-state index contributed by atoms with van der Waals surface area (Å²) in [6, 6.07) is 0. The summed E-state index contributed by atoms with van der Waals surface area (Å²) in [5.74, 6) is 0.101. The Morgan fingerprint density at radius 2 is 1.95 bits per heavy atom. The molecule has 0 amide bonds. The van der Waals surface area contributed by atoms with Crippen LogP contribution >= 0.6 is 25.8 Å². The first-order chi connectivity index (χ1) is 20.9. The Balaban J connectivity index is 1.17. The number of ether oxygens (including phenoxy) is 2. The van der Waals surface area contributed by atoms with Crippen LogP contribution in [-0.4, -0.2) is 84.4 Å². The zero-order valence-electron chi connectivity index (χ0n) is 22.0. The number of halogens is 1. The van der Waals surface area contributed by atoms with E-state index in [1.165, 1.54) is 22.2 Å². The fraction of sp³-hybridized carbons (Fsp3) is 0.526. The maximum Gasteiger partial charge on any atom is 0.386 e. The third kappa shape index (κ3) is 5.46. The van der Waals surface area contributed by atoms with Gasteiger partial charge in [-0.3, -0.25) is 33.3 Å². The van der Waals surface area contributed by atoms with Crippen molar-refractivity contribution in [3.63, 3.8) is 0 Å². The Bertz CT molecular complexity index is 1770. The molecule has 5 unspecified atom stereocenters. The molecule has 0 spiro atoms. The van der Waals surface area contributed by atoms with E-state index in [0.717, 1.165) is 0 Å². The fourth-order valence-electron chi connectivity index (χ4n) is 5.23. The molecule has 2 bridgehead atoms. The first kappa shape index (κ1) is 30.1. The van der Waals surface area contributed by atoms with Crippen molar-refractivity contribution in [3.05, 3.63) is 23.0 Å². The lowest BCUT2D eigenvalue weighted by Gasteiger charge is -2.27. The molecule has 9 atom stereocenters. The van der Waals surface area contributed by atoms with Crippen molar-refractivity contribution in [1.29, 1.82) is 0 Å². The summed E-state index contributed by atoms with van der Waals surface area (Å²) in [7, 11) is 0. The molecule has 8 N–H and O–H groups in total. The monoisotopic (exact) mass is 695 g/mol. The van der Waals surface area contributed by atoms with Crippen LogP contribution in [0.5, 0.6) is 0 Å². The molecule has 0 radical (unpaired) electrons. The molecular formula is C19H24FN11O9P2S2. The number of anilines is 4.